The van der Waals surface area contributed by atoms with Crippen LogP contribution in [0.5, 0.6) is 0 Å². The maximum absolute atomic E-state index is 11.1. The molecule has 67 valence electrons. The molecule has 2 rings (SSSR count). The second kappa shape index (κ2) is 3.21. The van der Waals surface area contributed by atoms with Gasteiger partial charge in [0, 0.05) is 13.5 Å². The van der Waals surface area contributed by atoms with E-state index < -0.39 is 0 Å². The van der Waals surface area contributed by atoms with Gasteiger partial charge in [-0.1, -0.05) is 24.3 Å². The molecule has 0 unspecified atom stereocenters. The van der Waals surface area contributed by atoms with E-state index in [0.29, 0.717) is 0 Å². The molecular formula is C11H12NO. The maximum atomic E-state index is 11.1. The molecule has 1 aromatic rings. The Morgan fingerprint density at radius 2 is 2.15 bits per heavy atom. The van der Waals surface area contributed by atoms with E-state index in [1.807, 2.05) is 24.7 Å². The van der Waals surface area contributed by atoms with Crippen LogP contribution in [0.4, 0.5) is 0 Å². The highest BCUT2D eigenvalue weighted by Crippen LogP contribution is 2.19. The summed E-state index contributed by atoms with van der Waals surface area (Å²) in [7, 11) is 0. The Balaban J connectivity index is 2.24. The van der Waals surface area contributed by atoms with Crippen LogP contribution in [0.3, 0.4) is 0 Å². The van der Waals surface area contributed by atoms with Crippen molar-refractivity contribution in [3.8, 4) is 0 Å². The Morgan fingerprint density at radius 3 is 2.92 bits per heavy atom. The van der Waals surface area contributed by atoms with E-state index in [0.717, 1.165) is 13.0 Å². The lowest BCUT2D eigenvalue weighted by molar-refractivity contribution is -0.127. The smallest absolute Gasteiger partial charge is 0.220 e. The minimum absolute atomic E-state index is 0.120. The molecule has 2 heteroatoms. The molecule has 1 aromatic carbocycles. The van der Waals surface area contributed by atoms with Crippen LogP contribution >= 0.6 is 0 Å². The number of carbonyl (C=O) groups is 1. The van der Waals surface area contributed by atoms with Crippen molar-refractivity contribution in [1.82, 2.24) is 4.90 Å². The van der Waals surface area contributed by atoms with Crippen molar-refractivity contribution in [3.05, 3.63) is 41.9 Å². The van der Waals surface area contributed by atoms with Gasteiger partial charge in [-0.3, -0.25) is 4.79 Å². The summed E-state index contributed by atoms with van der Waals surface area (Å²) in [5, 5.41) is 0. The first-order chi connectivity index (χ1) is 6.27. The molecule has 0 N–H and O–H groups in total. The molecule has 1 amide bonds. The first-order valence-corrected chi connectivity index (χ1v) is 4.47. The summed E-state index contributed by atoms with van der Waals surface area (Å²) < 4.78 is 0. The average Bonchev–Trinajstić information content (AvgIpc) is 2.17. The molecule has 0 saturated heterocycles. The van der Waals surface area contributed by atoms with Crippen LogP contribution in [0.25, 0.3) is 0 Å². The molecule has 0 saturated carbocycles. The third-order valence-electron chi connectivity index (χ3n) is 2.38. The van der Waals surface area contributed by atoms with E-state index in [4.69, 9.17) is 0 Å². The Hall–Kier alpha value is -1.31. The van der Waals surface area contributed by atoms with Crippen molar-refractivity contribution in [2.24, 2.45) is 0 Å². The number of amides is 1. The number of carbonyl (C=O) groups excluding carboxylic acids is 1. The van der Waals surface area contributed by atoms with Gasteiger partial charge in [0.05, 0.1) is 6.54 Å². The molecule has 1 heterocycles. The van der Waals surface area contributed by atoms with Gasteiger partial charge in [-0.2, -0.15) is 0 Å². The Kier molecular flexibility index (Phi) is 2.05. The van der Waals surface area contributed by atoms with Gasteiger partial charge in [0.15, 0.2) is 0 Å². The highest BCUT2D eigenvalue weighted by Gasteiger charge is 2.17. The van der Waals surface area contributed by atoms with Gasteiger partial charge >= 0.3 is 0 Å². The summed E-state index contributed by atoms with van der Waals surface area (Å²) in [6.45, 7) is 4.35. The zero-order valence-corrected chi connectivity index (χ0v) is 7.66. The highest BCUT2D eigenvalue weighted by molar-refractivity contribution is 5.75. The first-order valence-electron chi connectivity index (χ1n) is 4.47. The topological polar surface area (TPSA) is 20.3 Å². The number of nitrogens with zero attached hydrogens (tertiary/aromatic N) is 1. The molecule has 0 fully saturated rings. The quantitative estimate of drug-likeness (QED) is 0.585. The number of benzene rings is 1. The molecule has 0 bridgehead atoms. The summed E-state index contributed by atoms with van der Waals surface area (Å²) in [6, 6.07) is 8.20. The zero-order valence-electron chi connectivity index (χ0n) is 7.66. The molecule has 13 heavy (non-hydrogen) atoms. The van der Waals surface area contributed by atoms with Gasteiger partial charge in [-0.25, -0.2) is 0 Å². The van der Waals surface area contributed by atoms with Gasteiger partial charge < -0.3 is 4.90 Å². The Bertz CT molecular complexity index is 333. The molecular weight excluding hydrogens is 162 g/mol. The zero-order chi connectivity index (χ0) is 9.26. The van der Waals surface area contributed by atoms with E-state index in [2.05, 4.69) is 6.07 Å². The van der Waals surface area contributed by atoms with Crippen LogP contribution in [0.15, 0.2) is 24.3 Å². The summed E-state index contributed by atoms with van der Waals surface area (Å²) in [5.74, 6) is 0.120. The third-order valence-corrected chi connectivity index (χ3v) is 2.38. The first kappa shape index (κ1) is 8.30. The van der Waals surface area contributed by atoms with Crippen LogP contribution in [0.2, 0.25) is 0 Å². The molecule has 0 atom stereocenters. The molecule has 0 aromatic heterocycles. The molecule has 1 aliphatic rings. The van der Waals surface area contributed by atoms with Gasteiger partial charge in [0.2, 0.25) is 5.91 Å². The number of hydrogen-bond acceptors (Lipinski definition) is 1. The van der Waals surface area contributed by atoms with Crippen molar-refractivity contribution < 1.29 is 4.79 Å². The standard InChI is InChI=1S/C11H12NO/c1-9(13)12-7-6-10-4-2-3-5-11(10)8-12/h2-5,8H,6-7H2,1H3. The van der Waals surface area contributed by atoms with Crippen molar-refractivity contribution in [2.75, 3.05) is 6.54 Å². The fraction of sp³-hybridized carbons (Fsp3) is 0.273. The van der Waals surface area contributed by atoms with E-state index in [1.54, 1.807) is 11.8 Å². The second-order valence-electron chi connectivity index (χ2n) is 3.29. The summed E-state index contributed by atoms with van der Waals surface area (Å²) >= 11 is 0. The lowest BCUT2D eigenvalue weighted by Crippen LogP contribution is -2.32. The van der Waals surface area contributed by atoms with Gasteiger partial charge in [-0.15, -0.1) is 0 Å². The minimum atomic E-state index is 0.120. The number of hydrogen-bond donors (Lipinski definition) is 0. The number of rotatable bonds is 0. The average molecular weight is 174 g/mol. The van der Waals surface area contributed by atoms with Crippen molar-refractivity contribution in [1.29, 1.82) is 0 Å². The van der Waals surface area contributed by atoms with Crippen molar-refractivity contribution >= 4 is 5.91 Å². The van der Waals surface area contributed by atoms with Crippen LogP contribution in [0, 0.1) is 6.54 Å². The SMILES string of the molecule is CC(=O)N1[CH]c2ccccc2CC1. The van der Waals surface area contributed by atoms with Crippen LogP contribution in [0.1, 0.15) is 18.1 Å². The van der Waals surface area contributed by atoms with E-state index in [9.17, 15) is 4.79 Å². The van der Waals surface area contributed by atoms with Crippen LogP contribution in [-0.2, 0) is 11.2 Å². The molecule has 0 spiro atoms. The number of fused-ring (bicyclic) bond motifs is 1. The largest absolute Gasteiger partial charge is 0.333 e. The van der Waals surface area contributed by atoms with Crippen LogP contribution < -0.4 is 0 Å². The van der Waals surface area contributed by atoms with Gasteiger partial charge in [-0.05, 0) is 17.5 Å². The monoisotopic (exact) mass is 174 g/mol. The van der Waals surface area contributed by atoms with Gasteiger partial charge in [0.1, 0.15) is 0 Å². The fourth-order valence-corrected chi connectivity index (χ4v) is 1.61. The van der Waals surface area contributed by atoms with Crippen molar-refractivity contribution in [2.45, 2.75) is 13.3 Å². The third kappa shape index (κ3) is 1.57. The van der Waals surface area contributed by atoms with Crippen molar-refractivity contribution in [3.63, 3.8) is 0 Å². The van der Waals surface area contributed by atoms with E-state index >= 15 is 0 Å². The Labute approximate surface area is 78.2 Å². The Morgan fingerprint density at radius 1 is 1.38 bits per heavy atom. The predicted molar refractivity (Wildman–Crippen MR) is 50.9 cm³/mol. The molecule has 0 aliphatic carbocycles. The minimum Gasteiger partial charge on any atom is -0.333 e. The summed E-state index contributed by atoms with van der Waals surface area (Å²) in [4.78, 5) is 12.9. The van der Waals surface area contributed by atoms with E-state index in [1.165, 1.54) is 11.1 Å². The highest BCUT2D eigenvalue weighted by atomic mass is 16.2. The summed E-state index contributed by atoms with van der Waals surface area (Å²) in [5.41, 5.74) is 2.50. The lowest BCUT2D eigenvalue weighted by atomic mass is 10.00. The summed E-state index contributed by atoms with van der Waals surface area (Å²) in [6.07, 6.45) is 0.965. The predicted octanol–water partition coefficient (Wildman–Crippen LogP) is 1.60. The normalized spacial score (nSPS) is 15.3. The van der Waals surface area contributed by atoms with Gasteiger partial charge in [0.25, 0.3) is 0 Å². The molecule has 1 radical (unpaired) electrons. The second-order valence-corrected chi connectivity index (χ2v) is 3.29. The lowest BCUT2D eigenvalue weighted by Gasteiger charge is -2.26. The maximum Gasteiger partial charge on any atom is 0.220 e. The van der Waals surface area contributed by atoms with E-state index in [-0.39, 0.29) is 5.91 Å². The van der Waals surface area contributed by atoms with Crippen LogP contribution in [-0.4, -0.2) is 17.4 Å². The fourth-order valence-electron chi connectivity index (χ4n) is 1.61. The molecule has 2 nitrogen and oxygen atoms in total. The molecule has 1 aliphatic heterocycles.